The lowest BCUT2D eigenvalue weighted by Crippen LogP contribution is -2.39. The Hall–Kier alpha value is -1.06. The molecule has 0 aliphatic rings. The summed E-state index contributed by atoms with van der Waals surface area (Å²) < 4.78 is 6.31. The van der Waals surface area contributed by atoms with Gasteiger partial charge in [-0.15, -0.1) is 0 Å². The van der Waals surface area contributed by atoms with Crippen molar-refractivity contribution in [3.63, 3.8) is 0 Å². The number of nitrogens with one attached hydrogen (secondary N) is 1. The summed E-state index contributed by atoms with van der Waals surface area (Å²) in [6, 6.07) is 10.6. The van der Waals surface area contributed by atoms with Gasteiger partial charge < -0.3 is 9.73 Å². The summed E-state index contributed by atoms with van der Waals surface area (Å²) in [6.07, 6.45) is 4.56. The summed E-state index contributed by atoms with van der Waals surface area (Å²) >= 11 is 3.50. The van der Waals surface area contributed by atoms with Crippen LogP contribution in [0.25, 0.3) is 0 Å². The van der Waals surface area contributed by atoms with E-state index in [1.54, 1.807) is 6.26 Å². The third-order valence-corrected chi connectivity index (χ3v) is 3.81. The van der Waals surface area contributed by atoms with Crippen molar-refractivity contribution in [2.24, 2.45) is 0 Å². The quantitative estimate of drug-likeness (QED) is 0.852. The zero-order valence-corrected chi connectivity index (χ0v) is 13.9. The van der Waals surface area contributed by atoms with Gasteiger partial charge >= 0.3 is 0 Å². The Balaban J connectivity index is 2.12. The molecule has 1 atom stereocenters. The van der Waals surface area contributed by atoms with Crippen molar-refractivity contribution in [2.45, 2.75) is 38.6 Å². The standard InChI is InChI=1S/C17H22BrNO/c1-17(2,3)19-11-15(10-13-8-9-20-12-13)14-4-6-16(18)7-5-14/h4-9,12,15,19H,10-11H2,1-3H3. The fourth-order valence-electron chi connectivity index (χ4n) is 2.17. The Kier molecular flexibility index (Phi) is 5.06. The molecule has 20 heavy (non-hydrogen) atoms. The minimum atomic E-state index is 0.129. The maximum absolute atomic E-state index is 5.19. The molecule has 2 rings (SSSR count). The second-order valence-electron chi connectivity index (χ2n) is 6.22. The van der Waals surface area contributed by atoms with Gasteiger partial charge in [-0.25, -0.2) is 0 Å². The largest absolute Gasteiger partial charge is 0.472 e. The van der Waals surface area contributed by atoms with E-state index < -0.39 is 0 Å². The second-order valence-corrected chi connectivity index (χ2v) is 7.13. The molecular weight excluding hydrogens is 314 g/mol. The average Bonchev–Trinajstić information content (AvgIpc) is 2.87. The third-order valence-electron chi connectivity index (χ3n) is 3.28. The van der Waals surface area contributed by atoms with E-state index in [2.05, 4.69) is 66.3 Å². The lowest BCUT2D eigenvalue weighted by molar-refractivity contribution is 0.404. The summed E-state index contributed by atoms with van der Waals surface area (Å²) in [4.78, 5) is 0. The van der Waals surface area contributed by atoms with Gasteiger partial charge in [0.25, 0.3) is 0 Å². The van der Waals surface area contributed by atoms with Crippen LogP contribution in [-0.2, 0) is 6.42 Å². The molecule has 0 spiro atoms. The summed E-state index contributed by atoms with van der Waals surface area (Å²) in [6.45, 7) is 7.55. The minimum absolute atomic E-state index is 0.129. The molecule has 0 radical (unpaired) electrons. The van der Waals surface area contributed by atoms with Gasteiger partial charge in [0.2, 0.25) is 0 Å². The molecule has 1 N–H and O–H groups in total. The Bertz CT molecular complexity index is 511. The smallest absolute Gasteiger partial charge is 0.0934 e. The molecule has 1 aromatic heterocycles. The zero-order chi connectivity index (χ0) is 14.6. The van der Waals surface area contributed by atoms with Crippen LogP contribution in [-0.4, -0.2) is 12.1 Å². The van der Waals surface area contributed by atoms with Crippen molar-refractivity contribution in [2.75, 3.05) is 6.54 Å². The first-order chi connectivity index (χ1) is 9.44. The van der Waals surface area contributed by atoms with Gasteiger partial charge in [0, 0.05) is 22.5 Å². The van der Waals surface area contributed by atoms with Crippen molar-refractivity contribution < 1.29 is 4.42 Å². The Labute approximate surface area is 129 Å². The van der Waals surface area contributed by atoms with Crippen LogP contribution in [0, 0.1) is 0 Å². The molecule has 0 aliphatic carbocycles. The zero-order valence-electron chi connectivity index (χ0n) is 12.3. The monoisotopic (exact) mass is 335 g/mol. The topological polar surface area (TPSA) is 25.2 Å². The molecule has 0 amide bonds. The first-order valence-electron chi connectivity index (χ1n) is 6.95. The molecule has 0 bridgehead atoms. The van der Waals surface area contributed by atoms with Crippen LogP contribution in [0.5, 0.6) is 0 Å². The van der Waals surface area contributed by atoms with Gasteiger partial charge in [-0.3, -0.25) is 0 Å². The van der Waals surface area contributed by atoms with Crippen LogP contribution < -0.4 is 5.32 Å². The van der Waals surface area contributed by atoms with Gasteiger partial charge in [-0.1, -0.05) is 28.1 Å². The van der Waals surface area contributed by atoms with Gasteiger partial charge in [0.15, 0.2) is 0 Å². The highest BCUT2D eigenvalue weighted by molar-refractivity contribution is 9.10. The molecule has 1 aromatic carbocycles. The first-order valence-corrected chi connectivity index (χ1v) is 7.75. The number of furan rings is 1. The van der Waals surface area contributed by atoms with Gasteiger partial charge in [-0.2, -0.15) is 0 Å². The van der Waals surface area contributed by atoms with Crippen LogP contribution in [0.15, 0.2) is 51.7 Å². The molecule has 2 nitrogen and oxygen atoms in total. The van der Waals surface area contributed by atoms with E-state index in [-0.39, 0.29) is 5.54 Å². The Morgan fingerprint density at radius 2 is 1.85 bits per heavy atom. The maximum atomic E-state index is 5.19. The fraction of sp³-hybridized carbons (Fsp3) is 0.412. The summed E-state index contributed by atoms with van der Waals surface area (Å²) in [5.74, 6) is 0.444. The molecular formula is C17H22BrNO. The van der Waals surface area contributed by atoms with Gasteiger partial charge in [-0.05, 0) is 56.5 Å². The van der Waals surface area contributed by atoms with Crippen LogP contribution >= 0.6 is 15.9 Å². The normalized spacial score (nSPS) is 13.4. The van der Waals surface area contributed by atoms with E-state index >= 15 is 0 Å². The van der Waals surface area contributed by atoms with Crippen molar-refractivity contribution in [1.29, 1.82) is 0 Å². The molecule has 3 heteroatoms. The van der Waals surface area contributed by atoms with Gasteiger partial charge in [0.05, 0.1) is 12.5 Å². The van der Waals surface area contributed by atoms with Crippen LogP contribution in [0.1, 0.15) is 37.8 Å². The molecule has 108 valence electrons. The van der Waals surface area contributed by atoms with Crippen molar-refractivity contribution in [3.05, 3.63) is 58.5 Å². The van der Waals surface area contributed by atoms with Crippen molar-refractivity contribution >= 4 is 15.9 Å². The lowest BCUT2D eigenvalue weighted by Gasteiger charge is -2.25. The average molecular weight is 336 g/mol. The third kappa shape index (κ3) is 4.80. The molecule has 0 saturated carbocycles. The van der Waals surface area contributed by atoms with E-state index in [0.717, 1.165) is 17.4 Å². The number of hydrogen-bond acceptors (Lipinski definition) is 2. The number of hydrogen-bond donors (Lipinski definition) is 1. The van der Waals surface area contributed by atoms with E-state index in [4.69, 9.17) is 4.42 Å². The Morgan fingerprint density at radius 1 is 1.15 bits per heavy atom. The van der Waals surface area contributed by atoms with E-state index in [1.807, 2.05) is 12.3 Å². The van der Waals surface area contributed by atoms with Crippen LogP contribution in [0.2, 0.25) is 0 Å². The summed E-state index contributed by atoms with van der Waals surface area (Å²) in [5, 5.41) is 3.61. The second kappa shape index (κ2) is 6.59. The first kappa shape index (κ1) is 15.3. The van der Waals surface area contributed by atoms with Crippen molar-refractivity contribution in [3.8, 4) is 0 Å². The summed E-state index contributed by atoms with van der Waals surface area (Å²) in [7, 11) is 0. The predicted molar refractivity (Wildman–Crippen MR) is 87.1 cm³/mol. The number of benzene rings is 1. The SMILES string of the molecule is CC(C)(C)NCC(Cc1ccoc1)c1ccc(Br)cc1. The maximum Gasteiger partial charge on any atom is 0.0934 e. The Morgan fingerprint density at radius 3 is 2.40 bits per heavy atom. The molecule has 2 aromatic rings. The molecule has 1 unspecified atom stereocenters. The minimum Gasteiger partial charge on any atom is -0.472 e. The number of halogens is 1. The summed E-state index contributed by atoms with van der Waals surface area (Å²) in [5.41, 5.74) is 2.73. The molecule has 0 fully saturated rings. The van der Waals surface area contributed by atoms with E-state index in [0.29, 0.717) is 5.92 Å². The number of rotatable bonds is 5. The highest BCUT2D eigenvalue weighted by Gasteiger charge is 2.17. The van der Waals surface area contributed by atoms with E-state index in [1.165, 1.54) is 11.1 Å². The molecule has 1 heterocycles. The van der Waals surface area contributed by atoms with E-state index in [9.17, 15) is 0 Å². The predicted octanol–water partition coefficient (Wildman–Crippen LogP) is 4.76. The lowest BCUT2D eigenvalue weighted by atomic mass is 9.92. The highest BCUT2D eigenvalue weighted by atomic mass is 79.9. The van der Waals surface area contributed by atoms with Crippen LogP contribution in [0.3, 0.4) is 0 Å². The van der Waals surface area contributed by atoms with Crippen molar-refractivity contribution in [1.82, 2.24) is 5.32 Å². The van der Waals surface area contributed by atoms with Gasteiger partial charge in [0.1, 0.15) is 0 Å². The molecule has 0 saturated heterocycles. The fourth-order valence-corrected chi connectivity index (χ4v) is 2.43. The van der Waals surface area contributed by atoms with Crippen LogP contribution in [0.4, 0.5) is 0 Å². The molecule has 0 aliphatic heterocycles. The highest BCUT2D eigenvalue weighted by Crippen LogP contribution is 2.23.